The molecule has 27 heavy (non-hydrogen) atoms. The third kappa shape index (κ3) is 3.49. The highest BCUT2D eigenvalue weighted by Crippen LogP contribution is 2.66. The van der Waals surface area contributed by atoms with Crippen molar-refractivity contribution in [3.63, 3.8) is 0 Å². The van der Waals surface area contributed by atoms with Gasteiger partial charge in [-0.1, -0.05) is 26.0 Å². The van der Waals surface area contributed by atoms with Gasteiger partial charge in [0, 0.05) is 11.8 Å². The van der Waals surface area contributed by atoms with Crippen molar-refractivity contribution in [2.24, 2.45) is 5.41 Å². The van der Waals surface area contributed by atoms with Gasteiger partial charge in [0.25, 0.3) is 0 Å². The molecule has 0 aromatic rings. The number of aldehydes is 1. The van der Waals surface area contributed by atoms with Crippen LogP contribution in [0, 0.1) is 5.41 Å². The summed E-state index contributed by atoms with van der Waals surface area (Å²) in [5, 5.41) is 10.1. The fraction of sp³-hybridized carbons (Fsp3) is 0.455. The summed E-state index contributed by atoms with van der Waals surface area (Å²) in [4.78, 5) is 22.5. The van der Waals surface area contributed by atoms with Crippen molar-refractivity contribution in [1.29, 1.82) is 0 Å². The van der Waals surface area contributed by atoms with Gasteiger partial charge in [-0.05, 0) is 56.2 Å². The molecular formula is C22H26O5. The zero-order valence-corrected chi connectivity index (χ0v) is 16.2. The minimum absolute atomic E-state index is 0.234. The van der Waals surface area contributed by atoms with Crippen molar-refractivity contribution >= 4 is 12.3 Å². The number of cyclic esters (lactones) is 1. The van der Waals surface area contributed by atoms with Gasteiger partial charge in [-0.15, -0.1) is 0 Å². The smallest absolute Gasteiger partial charge is 0.343 e. The minimum atomic E-state index is -0.484. The van der Waals surface area contributed by atoms with E-state index in [1.807, 2.05) is 19.9 Å². The number of carbonyl (C=O) groups is 2. The Labute approximate surface area is 159 Å². The highest BCUT2D eigenvalue weighted by Gasteiger charge is 2.74. The maximum atomic E-state index is 12.2. The van der Waals surface area contributed by atoms with Crippen LogP contribution >= 0.6 is 0 Å². The first kappa shape index (κ1) is 19.5. The molecule has 144 valence electrons. The maximum Gasteiger partial charge on any atom is 0.343 e. The van der Waals surface area contributed by atoms with E-state index < -0.39 is 17.2 Å². The number of epoxide rings is 1. The van der Waals surface area contributed by atoms with Crippen molar-refractivity contribution in [2.75, 3.05) is 0 Å². The summed E-state index contributed by atoms with van der Waals surface area (Å²) in [7, 11) is 0. The average Bonchev–Trinajstić information content (AvgIpc) is 3.02. The fourth-order valence-corrected chi connectivity index (χ4v) is 4.40. The number of carbonyl (C=O) groups excluding carboxylic acids is 2. The number of rotatable bonds is 5. The lowest BCUT2D eigenvalue weighted by molar-refractivity contribution is -0.132. The first-order valence-corrected chi connectivity index (χ1v) is 9.14. The van der Waals surface area contributed by atoms with Gasteiger partial charge in [0.15, 0.2) is 0 Å². The van der Waals surface area contributed by atoms with Crippen molar-refractivity contribution < 1.29 is 24.2 Å². The summed E-state index contributed by atoms with van der Waals surface area (Å²) in [6, 6.07) is 0. The Balaban J connectivity index is 1.80. The second kappa shape index (κ2) is 6.73. The number of hydrogen-bond acceptors (Lipinski definition) is 5. The van der Waals surface area contributed by atoms with Crippen LogP contribution in [0.5, 0.6) is 0 Å². The van der Waals surface area contributed by atoms with Gasteiger partial charge >= 0.3 is 5.97 Å². The van der Waals surface area contributed by atoms with Gasteiger partial charge in [-0.2, -0.15) is 0 Å². The number of hydrogen-bond donors (Lipinski definition) is 1. The average molecular weight is 370 g/mol. The maximum absolute atomic E-state index is 12.2. The van der Waals surface area contributed by atoms with E-state index in [0.717, 1.165) is 5.57 Å². The molecule has 1 aliphatic carbocycles. The monoisotopic (exact) mass is 370 g/mol. The van der Waals surface area contributed by atoms with Gasteiger partial charge in [-0.25, -0.2) is 4.79 Å². The molecule has 0 spiro atoms. The zero-order chi connectivity index (χ0) is 19.9. The van der Waals surface area contributed by atoms with Crippen LogP contribution in [0.4, 0.5) is 0 Å². The van der Waals surface area contributed by atoms with Crippen LogP contribution in [0.3, 0.4) is 0 Å². The Bertz CT molecular complexity index is 811. The molecule has 1 saturated carbocycles. The van der Waals surface area contributed by atoms with Gasteiger partial charge in [0.2, 0.25) is 0 Å². The SMILES string of the molecule is CC(=C\C=C\C=O)/C=C1C=C(/C=C/C23OC2(C)CC(O)CC3(C)C)C(=O)O\1. The normalized spacial score (nSPS) is 36.9. The van der Waals surface area contributed by atoms with Crippen LogP contribution in [0.2, 0.25) is 0 Å². The molecule has 0 aromatic carbocycles. The second-order valence-corrected chi connectivity index (χ2v) is 8.32. The van der Waals surface area contributed by atoms with Crippen molar-refractivity contribution in [1.82, 2.24) is 0 Å². The van der Waals surface area contributed by atoms with E-state index in [4.69, 9.17) is 9.47 Å². The van der Waals surface area contributed by atoms with Crippen LogP contribution < -0.4 is 0 Å². The number of ether oxygens (including phenoxy) is 2. The molecule has 0 bridgehead atoms. The second-order valence-electron chi connectivity index (χ2n) is 8.32. The molecule has 0 aromatic heterocycles. The Kier molecular flexibility index (Phi) is 4.87. The first-order valence-electron chi connectivity index (χ1n) is 9.14. The van der Waals surface area contributed by atoms with E-state index in [1.54, 1.807) is 30.4 Å². The predicted octanol–water partition coefficient (Wildman–Crippen LogP) is 3.32. The van der Waals surface area contributed by atoms with E-state index in [-0.39, 0.29) is 11.5 Å². The highest BCUT2D eigenvalue weighted by atomic mass is 16.6. The lowest BCUT2D eigenvalue weighted by Gasteiger charge is -2.39. The summed E-state index contributed by atoms with van der Waals surface area (Å²) in [5.41, 5.74) is 0.198. The molecule has 0 amide bonds. The van der Waals surface area contributed by atoms with Gasteiger partial charge < -0.3 is 14.6 Å². The molecule has 3 atom stereocenters. The molecule has 2 aliphatic heterocycles. The molecule has 2 fully saturated rings. The number of esters is 1. The topological polar surface area (TPSA) is 76.1 Å². The summed E-state index contributed by atoms with van der Waals surface area (Å²) >= 11 is 0. The molecular weight excluding hydrogens is 344 g/mol. The number of fused-ring (bicyclic) bond motifs is 1. The lowest BCUT2D eigenvalue weighted by Crippen LogP contribution is -2.46. The Morgan fingerprint density at radius 3 is 2.67 bits per heavy atom. The van der Waals surface area contributed by atoms with Crippen LogP contribution in [0.1, 0.15) is 40.5 Å². The molecule has 3 unspecified atom stereocenters. The van der Waals surface area contributed by atoms with Crippen LogP contribution in [-0.4, -0.2) is 34.7 Å². The summed E-state index contributed by atoms with van der Waals surface area (Å²) in [5.74, 6) is 0.0596. The Hall–Kier alpha value is -2.24. The zero-order valence-electron chi connectivity index (χ0n) is 16.2. The largest absolute Gasteiger partial charge is 0.423 e. The van der Waals surface area contributed by atoms with Gasteiger partial charge in [0.05, 0.1) is 11.7 Å². The lowest BCUT2D eigenvalue weighted by atomic mass is 9.63. The molecule has 1 N–H and O–H groups in total. The minimum Gasteiger partial charge on any atom is -0.423 e. The van der Waals surface area contributed by atoms with E-state index in [2.05, 4.69) is 13.8 Å². The van der Waals surface area contributed by atoms with Crippen LogP contribution in [0.25, 0.3) is 0 Å². The van der Waals surface area contributed by atoms with Crippen LogP contribution in [0.15, 0.2) is 59.4 Å². The van der Waals surface area contributed by atoms with Gasteiger partial charge in [0.1, 0.15) is 23.2 Å². The number of aliphatic hydroxyl groups is 1. The number of aliphatic hydroxyl groups excluding tert-OH is 1. The molecule has 5 nitrogen and oxygen atoms in total. The predicted molar refractivity (Wildman–Crippen MR) is 102 cm³/mol. The van der Waals surface area contributed by atoms with Crippen LogP contribution in [-0.2, 0) is 19.1 Å². The van der Waals surface area contributed by atoms with E-state index in [0.29, 0.717) is 30.5 Å². The third-order valence-corrected chi connectivity index (χ3v) is 5.67. The highest BCUT2D eigenvalue weighted by molar-refractivity contribution is 5.95. The first-order chi connectivity index (χ1) is 12.6. The Morgan fingerprint density at radius 2 is 2.00 bits per heavy atom. The third-order valence-electron chi connectivity index (χ3n) is 5.67. The quantitative estimate of drug-likeness (QED) is 0.264. The molecule has 2 heterocycles. The molecule has 3 rings (SSSR count). The van der Waals surface area contributed by atoms with E-state index in [9.17, 15) is 14.7 Å². The summed E-state index contributed by atoms with van der Waals surface area (Å²) < 4.78 is 11.4. The molecule has 1 saturated heterocycles. The van der Waals surface area contributed by atoms with Crippen molar-refractivity contribution in [2.45, 2.75) is 57.8 Å². The fourth-order valence-electron chi connectivity index (χ4n) is 4.40. The van der Waals surface area contributed by atoms with Crippen molar-refractivity contribution in [3.8, 4) is 0 Å². The molecule has 3 aliphatic rings. The Morgan fingerprint density at radius 1 is 1.26 bits per heavy atom. The number of allylic oxidation sites excluding steroid dienone is 6. The van der Waals surface area contributed by atoms with E-state index in [1.165, 1.54) is 6.08 Å². The molecule has 5 heteroatoms. The summed E-state index contributed by atoms with van der Waals surface area (Å²) in [6.45, 7) is 8.03. The molecule has 0 radical (unpaired) electrons. The summed E-state index contributed by atoms with van der Waals surface area (Å²) in [6.07, 6.45) is 13.5. The van der Waals surface area contributed by atoms with E-state index >= 15 is 0 Å². The van der Waals surface area contributed by atoms with Gasteiger partial charge in [-0.3, -0.25) is 4.79 Å². The van der Waals surface area contributed by atoms with Crippen molar-refractivity contribution in [3.05, 3.63) is 59.4 Å². The standard InChI is InChI=1S/C22H26O5/c1-15(7-5-6-10-23)11-18-12-16(19(25)26-18)8-9-22-20(2,3)13-17(24)14-21(22,4)27-22/h5-12,17,24H,13-14H2,1-4H3/b6-5+,9-8+,15-7+,18-11+.